The number of non-ortho nitro benzene ring substituents is 1. The van der Waals surface area contributed by atoms with Gasteiger partial charge in [0.2, 0.25) is 0 Å². The number of carbonyl (C=O) groups excluding carboxylic acids is 1. The van der Waals surface area contributed by atoms with Crippen LogP contribution in [0, 0.1) is 10.1 Å². The molecule has 2 saturated heterocycles. The molecular weight excluding hydrogens is 326 g/mol. The van der Waals surface area contributed by atoms with Crippen LogP contribution in [0.25, 0.3) is 0 Å². The van der Waals surface area contributed by atoms with E-state index in [1.54, 1.807) is 11.0 Å². The number of aliphatic hydroxyl groups is 1. The number of nitro groups is 1. The molecule has 0 aliphatic carbocycles. The number of nitro benzene ring substituents is 1. The van der Waals surface area contributed by atoms with Crippen molar-refractivity contribution in [2.24, 2.45) is 0 Å². The Bertz CT molecular complexity index is 700. The van der Waals surface area contributed by atoms with Gasteiger partial charge in [-0.1, -0.05) is 0 Å². The number of nitrogens with zero attached hydrogens (tertiary/aromatic N) is 3. The van der Waals surface area contributed by atoms with E-state index in [-0.39, 0.29) is 30.5 Å². The van der Waals surface area contributed by atoms with Crippen LogP contribution < -0.4 is 4.90 Å². The van der Waals surface area contributed by atoms with Crippen molar-refractivity contribution in [3.63, 3.8) is 0 Å². The summed E-state index contributed by atoms with van der Waals surface area (Å²) in [5.41, 5.74) is 0.767. The molecule has 2 bridgehead atoms. The molecule has 0 saturated carbocycles. The number of rotatable bonds is 3. The fourth-order valence-electron chi connectivity index (χ4n) is 3.60. The van der Waals surface area contributed by atoms with Gasteiger partial charge in [-0.3, -0.25) is 10.1 Å². The maximum absolute atomic E-state index is 12.3. The van der Waals surface area contributed by atoms with Gasteiger partial charge in [-0.25, -0.2) is 4.79 Å². The molecule has 1 aromatic rings. The second-order valence-electron chi connectivity index (χ2n) is 7.56. The van der Waals surface area contributed by atoms with E-state index >= 15 is 0 Å². The predicted octanol–water partition coefficient (Wildman–Crippen LogP) is 2.29. The molecule has 2 atom stereocenters. The molecule has 0 unspecified atom stereocenters. The number of amides is 1. The minimum Gasteiger partial charge on any atom is -0.444 e. The van der Waals surface area contributed by atoms with Crippen LogP contribution in [-0.2, 0) is 11.3 Å². The Balaban J connectivity index is 1.75. The fourth-order valence-corrected chi connectivity index (χ4v) is 3.60. The molecule has 8 nitrogen and oxygen atoms in total. The first-order chi connectivity index (χ1) is 11.7. The summed E-state index contributed by atoms with van der Waals surface area (Å²) in [5, 5.41) is 20.5. The number of hydrogen-bond donors (Lipinski definition) is 1. The van der Waals surface area contributed by atoms with Gasteiger partial charge in [0, 0.05) is 42.5 Å². The normalized spacial score (nSPS) is 22.4. The number of anilines is 1. The summed E-state index contributed by atoms with van der Waals surface area (Å²) >= 11 is 0. The number of fused-ring (bicyclic) bond motifs is 2. The Hall–Kier alpha value is -2.35. The lowest BCUT2D eigenvalue weighted by molar-refractivity contribution is -0.384. The summed E-state index contributed by atoms with van der Waals surface area (Å²) in [4.78, 5) is 26.6. The average Bonchev–Trinajstić information content (AvgIpc) is 3.12. The van der Waals surface area contributed by atoms with Crippen molar-refractivity contribution >= 4 is 17.5 Å². The van der Waals surface area contributed by atoms with Crippen molar-refractivity contribution in [2.75, 3.05) is 18.0 Å². The Morgan fingerprint density at radius 2 is 2.08 bits per heavy atom. The Morgan fingerprint density at radius 1 is 1.36 bits per heavy atom. The number of likely N-dealkylation sites (tertiary alicyclic amines) is 1. The Morgan fingerprint density at radius 3 is 2.60 bits per heavy atom. The zero-order chi connectivity index (χ0) is 18.4. The first-order valence-corrected chi connectivity index (χ1v) is 8.34. The van der Waals surface area contributed by atoms with Gasteiger partial charge >= 0.3 is 6.09 Å². The smallest absolute Gasteiger partial charge is 0.410 e. The van der Waals surface area contributed by atoms with Crippen LogP contribution in [0.3, 0.4) is 0 Å². The van der Waals surface area contributed by atoms with Gasteiger partial charge in [0.25, 0.3) is 5.69 Å². The number of hydrogen-bond acceptors (Lipinski definition) is 6. The van der Waals surface area contributed by atoms with Crippen LogP contribution in [0.2, 0.25) is 0 Å². The third-order valence-electron chi connectivity index (χ3n) is 4.62. The predicted molar refractivity (Wildman–Crippen MR) is 91.5 cm³/mol. The lowest BCUT2D eigenvalue weighted by Gasteiger charge is -2.37. The minimum atomic E-state index is -0.527. The summed E-state index contributed by atoms with van der Waals surface area (Å²) in [5.74, 6) is 0. The maximum Gasteiger partial charge on any atom is 0.410 e. The van der Waals surface area contributed by atoms with Crippen molar-refractivity contribution in [3.05, 3.63) is 33.9 Å². The van der Waals surface area contributed by atoms with Crippen molar-refractivity contribution in [3.8, 4) is 0 Å². The third kappa shape index (κ3) is 3.39. The molecule has 0 aromatic heterocycles. The number of ether oxygens (including phenoxy) is 1. The molecule has 0 radical (unpaired) electrons. The molecule has 2 fully saturated rings. The standard InChI is InChI=1S/C17H23N3O5/c1-17(2,3)25-16(22)19-9-13-7-14(19)8-18(13)15-5-4-12(20(23)24)6-11(15)10-21/h4-6,13-14,21H,7-10H2,1-3H3/t13-,14-/m0/s1. The second-order valence-corrected chi connectivity index (χ2v) is 7.56. The van der Waals surface area contributed by atoms with E-state index < -0.39 is 10.5 Å². The van der Waals surface area contributed by atoms with Gasteiger partial charge in [-0.2, -0.15) is 0 Å². The van der Waals surface area contributed by atoms with Crippen molar-refractivity contribution < 1.29 is 19.6 Å². The van der Waals surface area contributed by atoms with Gasteiger partial charge in [0.1, 0.15) is 5.60 Å². The van der Waals surface area contributed by atoms with E-state index in [4.69, 9.17) is 4.74 Å². The molecule has 2 heterocycles. The van der Waals surface area contributed by atoms with Crippen LogP contribution in [0.5, 0.6) is 0 Å². The van der Waals surface area contributed by atoms with Crippen molar-refractivity contribution in [1.29, 1.82) is 0 Å². The summed E-state index contributed by atoms with van der Waals surface area (Å²) < 4.78 is 5.46. The van der Waals surface area contributed by atoms with Crippen LogP contribution in [0.1, 0.15) is 32.8 Å². The van der Waals surface area contributed by atoms with Crippen LogP contribution in [-0.4, -0.2) is 51.8 Å². The molecule has 1 N–H and O–H groups in total. The number of aliphatic hydroxyl groups excluding tert-OH is 1. The minimum absolute atomic E-state index is 0.0347. The molecule has 8 heteroatoms. The third-order valence-corrected chi connectivity index (χ3v) is 4.62. The Kier molecular flexibility index (Phi) is 4.32. The van der Waals surface area contributed by atoms with E-state index in [9.17, 15) is 20.0 Å². The zero-order valence-corrected chi connectivity index (χ0v) is 14.6. The molecular formula is C17H23N3O5. The van der Waals surface area contributed by atoms with Gasteiger partial charge < -0.3 is 19.6 Å². The number of piperazine rings is 1. The molecule has 1 amide bonds. The number of benzene rings is 1. The van der Waals surface area contributed by atoms with Gasteiger partial charge in [-0.15, -0.1) is 0 Å². The zero-order valence-electron chi connectivity index (χ0n) is 14.6. The van der Waals surface area contributed by atoms with Crippen LogP contribution in [0.15, 0.2) is 18.2 Å². The second kappa shape index (κ2) is 6.18. The molecule has 2 aliphatic rings. The first kappa shape index (κ1) is 17.5. The maximum atomic E-state index is 12.3. The van der Waals surface area contributed by atoms with Gasteiger partial charge in [0.15, 0.2) is 0 Å². The van der Waals surface area contributed by atoms with E-state index in [1.165, 1.54) is 12.1 Å². The summed E-state index contributed by atoms with van der Waals surface area (Å²) in [7, 11) is 0. The highest BCUT2D eigenvalue weighted by molar-refractivity contribution is 5.71. The van der Waals surface area contributed by atoms with E-state index in [1.807, 2.05) is 20.8 Å². The summed E-state index contributed by atoms with van der Waals surface area (Å²) in [6.07, 6.45) is 0.534. The molecule has 1 aromatic carbocycles. The molecule has 25 heavy (non-hydrogen) atoms. The van der Waals surface area contributed by atoms with Crippen LogP contribution >= 0.6 is 0 Å². The fraction of sp³-hybridized carbons (Fsp3) is 0.588. The molecule has 0 spiro atoms. The lowest BCUT2D eigenvalue weighted by atomic mass is 10.1. The summed E-state index contributed by atoms with van der Waals surface area (Å²) in [6, 6.07) is 4.73. The largest absolute Gasteiger partial charge is 0.444 e. The lowest BCUT2D eigenvalue weighted by Crippen LogP contribution is -2.50. The SMILES string of the molecule is CC(C)(C)OC(=O)N1C[C@@H]2C[C@H]1CN2c1ccc([N+](=O)[O-])cc1CO. The Labute approximate surface area is 146 Å². The summed E-state index contributed by atoms with van der Waals surface area (Å²) in [6.45, 7) is 6.46. The number of carbonyl (C=O) groups is 1. The molecule has 3 rings (SSSR count). The molecule has 2 aliphatic heterocycles. The van der Waals surface area contributed by atoms with Crippen molar-refractivity contribution in [1.82, 2.24) is 4.90 Å². The average molecular weight is 349 g/mol. The topological polar surface area (TPSA) is 96.2 Å². The van der Waals surface area contributed by atoms with E-state index in [0.717, 1.165) is 12.1 Å². The van der Waals surface area contributed by atoms with Crippen LogP contribution in [0.4, 0.5) is 16.2 Å². The highest BCUT2D eigenvalue weighted by Crippen LogP contribution is 2.37. The first-order valence-electron chi connectivity index (χ1n) is 8.34. The highest BCUT2D eigenvalue weighted by Gasteiger charge is 2.47. The highest BCUT2D eigenvalue weighted by atomic mass is 16.6. The van der Waals surface area contributed by atoms with Crippen molar-refractivity contribution in [2.45, 2.75) is 51.5 Å². The monoisotopic (exact) mass is 349 g/mol. The van der Waals surface area contributed by atoms with Gasteiger partial charge in [0.05, 0.1) is 17.6 Å². The molecule has 136 valence electrons. The quantitative estimate of drug-likeness (QED) is 0.664. The van der Waals surface area contributed by atoms with Gasteiger partial charge in [-0.05, 0) is 33.3 Å². The van der Waals surface area contributed by atoms with E-state index in [0.29, 0.717) is 18.7 Å². The van der Waals surface area contributed by atoms with E-state index in [2.05, 4.69) is 4.90 Å².